The van der Waals surface area contributed by atoms with Crippen molar-refractivity contribution in [2.45, 2.75) is 25.4 Å². The molecule has 8 heavy (non-hydrogen) atoms. The summed E-state index contributed by atoms with van der Waals surface area (Å²) in [4.78, 5) is 0. The third-order valence-corrected chi connectivity index (χ3v) is 1.45. The molecule has 1 heteroatoms. The number of hydrogen-bond donors (Lipinski definition) is 0. The second-order valence-electron chi connectivity index (χ2n) is 2.16. The molecule has 1 rings (SSSR count). The minimum atomic E-state index is 0.493. The molecule has 46 valence electrons. The Morgan fingerprint density at radius 2 is 2.62 bits per heavy atom. The highest BCUT2D eigenvalue weighted by Gasteiger charge is 2.12. The van der Waals surface area contributed by atoms with Crippen LogP contribution in [0.2, 0.25) is 0 Å². The molecule has 0 radical (unpaired) electrons. The smallest absolute Gasteiger partial charge is 0.0610 e. The Kier molecular flexibility index (Phi) is 2.10. The van der Waals surface area contributed by atoms with Crippen molar-refractivity contribution in [3.05, 3.63) is 12.7 Å². The summed E-state index contributed by atoms with van der Waals surface area (Å²) in [6, 6.07) is 0. The molecule has 0 aromatic carbocycles. The van der Waals surface area contributed by atoms with Gasteiger partial charge in [-0.25, -0.2) is 0 Å². The first-order valence-electron chi connectivity index (χ1n) is 3.16. The third kappa shape index (κ3) is 1.34. The van der Waals surface area contributed by atoms with Crippen molar-refractivity contribution in [3.8, 4) is 0 Å². The average molecular weight is 112 g/mol. The zero-order chi connectivity index (χ0) is 5.82. The van der Waals surface area contributed by atoms with E-state index in [1.54, 1.807) is 0 Å². The van der Waals surface area contributed by atoms with Gasteiger partial charge < -0.3 is 4.74 Å². The van der Waals surface area contributed by atoms with Gasteiger partial charge in [-0.1, -0.05) is 6.08 Å². The van der Waals surface area contributed by atoms with Crippen LogP contribution in [0.4, 0.5) is 0 Å². The van der Waals surface area contributed by atoms with Crippen LogP contribution in [0.5, 0.6) is 0 Å². The zero-order valence-corrected chi connectivity index (χ0v) is 5.10. The van der Waals surface area contributed by atoms with Gasteiger partial charge in [-0.2, -0.15) is 0 Å². The molecule has 0 bridgehead atoms. The highest BCUT2D eigenvalue weighted by Crippen LogP contribution is 2.14. The SMILES string of the molecule is C=CCC1CCCO1. The van der Waals surface area contributed by atoms with Crippen molar-refractivity contribution in [1.29, 1.82) is 0 Å². The average Bonchev–Trinajstić information content (AvgIpc) is 2.19. The Labute approximate surface area is 50.3 Å². The van der Waals surface area contributed by atoms with E-state index in [9.17, 15) is 0 Å². The minimum absolute atomic E-state index is 0.493. The first-order valence-corrected chi connectivity index (χ1v) is 3.16. The van der Waals surface area contributed by atoms with Crippen molar-refractivity contribution in [2.75, 3.05) is 6.61 Å². The molecule has 0 saturated carbocycles. The summed E-state index contributed by atoms with van der Waals surface area (Å²) >= 11 is 0. The van der Waals surface area contributed by atoms with Crippen LogP contribution in [0.3, 0.4) is 0 Å². The second kappa shape index (κ2) is 2.88. The largest absolute Gasteiger partial charge is 0.378 e. The van der Waals surface area contributed by atoms with Crippen molar-refractivity contribution in [2.24, 2.45) is 0 Å². The fraction of sp³-hybridized carbons (Fsp3) is 0.714. The first kappa shape index (κ1) is 5.83. The van der Waals surface area contributed by atoms with Crippen LogP contribution in [0.25, 0.3) is 0 Å². The van der Waals surface area contributed by atoms with Crippen molar-refractivity contribution < 1.29 is 4.74 Å². The summed E-state index contributed by atoms with van der Waals surface area (Å²) < 4.78 is 5.32. The van der Waals surface area contributed by atoms with Crippen molar-refractivity contribution >= 4 is 0 Å². The Bertz CT molecular complexity index is 72.5. The molecule has 1 atom stereocenters. The van der Waals surface area contributed by atoms with Crippen LogP contribution in [-0.2, 0) is 4.74 Å². The molecular formula is C7H12O. The summed E-state index contributed by atoms with van der Waals surface area (Å²) in [5.41, 5.74) is 0. The molecule has 0 aromatic heterocycles. The van der Waals surface area contributed by atoms with Crippen LogP contribution in [0.15, 0.2) is 12.7 Å². The number of hydrogen-bond acceptors (Lipinski definition) is 1. The predicted molar refractivity (Wildman–Crippen MR) is 33.8 cm³/mol. The van der Waals surface area contributed by atoms with Gasteiger partial charge in [-0.15, -0.1) is 6.58 Å². The lowest BCUT2D eigenvalue weighted by Gasteiger charge is -2.02. The van der Waals surface area contributed by atoms with Crippen molar-refractivity contribution in [1.82, 2.24) is 0 Å². The van der Waals surface area contributed by atoms with E-state index in [2.05, 4.69) is 6.58 Å². The number of ether oxygens (including phenoxy) is 1. The molecular weight excluding hydrogens is 100 g/mol. The molecule has 0 aliphatic carbocycles. The summed E-state index contributed by atoms with van der Waals surface area (Å²) in [6.07, 6.45) is 5.91. The fourth-order valence-electron chi connectivity index (χ4n) is 1.02. The Balaban J connectivity index is 2.14. The van der Waals surface area contributed by atoms with Gasteiger partial charge in [-0.05, 0) is 19.3 Å². The van der Waals surface area contributed by atoms with E-state index in [0.29, 0.717) is 6.10 Å². The quantitative estimate of drug-likeness (QED) is 0.494. The fourth-order valence-corrected chi connectivity index (χ4v) is 1.02. The van der Waals surface area contributed by atoms with E-state index in [4.69, 9.17) is 4.74 Å². The van der Waals surface area contributed by atoms with Gasteiger partial charge in [0.2, 0.25) is 0 Å². The molecule has 1 fully saturated rings. The molecule has 1 saturated heterocycles. The van der Waals surface area contributed by atoms with Gasteiger partial charge in [0.25, 0.3) is 0 Å². The third-order valence-electron chi connectivity index (χ3n) is 1.45. The van der Waals surface area contributed by atoms with E-state index in [0.717, 1.165) is 13.0 Å². The lowest BCUT2D eigenvalue weighted by molar-refractivity contribution is 0.113. The van der Waals surface area contributed by atoms with Gasteiger partial charge in [0.05, 0.1) is 6.10 Å². The number of rotatable bonds is 2. The van der Waals surface area contributed by atoms with Crippen LogP contribution in [0.1, 0.15) is 19.3 Å². The molecule has 1 aliphatic heterocycles. The summed E-state index contributed by atoms with van der Waals surface area (Å²) in [7, 11) is 0. The first-order chi connectivity index (χ1) is 3.93. The Morgan fingerprint density at radius 1 is 1.75 bits per heavy atom. The van der Waals surface area contributed by atoms with E-state index >= 15 is 0 Å². The highest BCUT2D eigenvalue weighted by molar-refractivity contribution is 4.75. The van der Waals surface area contributed by atoms with Gasteiger partial charge in [0.1, 0.15) is 0 Å². The second-order valence-corrected chi connectivity index (χ2v) is 2.16. The monoisotopic (exact) mass is 112 g/mol. The lowest BCUT2D eigenvalue weighted by Crippen LogP contribution is -2.01. The summed E-state index contributed by atoms with van der Waals surface area (Å²) in [5.74, 6) is 0. The van der Waals surface area contributed by atoms with Gasteiger partial charge in [-0.3, -0.25) is 0 Å². The van der Waals surface area contributed by atoms with Gasteiger partial charge in [0, 0.05) is 6.61 Å². The molecule has 0 aromatic rings. The predicted octanol–water partition coefficient (Wildman–Crippen LogP) is 1.74. The maximum absolute atomic E-state index is 5.32. The zero-order valence-electron chi connectivity index (χ0n) is 5.10. The van der Waals surface area contributed by atoms with E-state index in [-0.39, 0.29) is 0 Å². The maximum Gasteiger partial charge on any atom is 0.0610 e. The van der Waals surface area contributed by atoms with E-state index in [1.807, 2.05) is 6.08 Å². The normalized spacial score (nSPS) is 28.2. The van der Waals surface area contributed by atoms with Crippen LogP contribution < -0.4 is 0 Å². The molecule has 1 unspecified atom stereocenters. The Hall–Kier alpha value is -0.300. The molecule has 0 N–H and O–H groups in total. The highest BCUT2D eigenvalue weighted by atomic mass is 16.5. The summed E-state index contributed by atoms with van der Waals surface area (Å²) in [5, 5.41) is 0. The Morgan fingerprint density at radius 3 is 3.12 bits per heavy atom. The molecule has 1 heterocycles. The minimum Gasteiger partial charge on any atom is -0.378 e. The summed E-state index contributed by atoms with van der Waals surface area (Å²) in [6.45, 7) is 4.60. The topological polar surface area (TPSA) is 9.23 Å². The van der Waals surface area contributed by atoms with Gasteiger partial charge in [0.15, 0.2) is 0 Å². The molecule has 0 amide bonds. The van der Waals surface area contributed by atoms with Crippen LogP contribution in [-0.4, -0.2) is 12.7 Å². The lowest BCUT2D eigenvalue weighted by atomic mass is 10.2. The van der Waals surface area contributed by atoms with E-state index < -0.39 is 0 Å². The molecule has 1 nitrogen and oxygen atoms in total. The van der Waals surface area contributed by atoms with Crippen LogP contribution >= 0.6 is 0 Å². The van der Waals surface area contributed by atoms with E-state index in [1.165, 1.54) is 12.8 Å². The molecule has 0 spiro atoms. The van der Waals surface area contributed by atoms with Crippen LogP contribution in [0, 0.1) is 0 Å². The molecule has 1 aliphatic rings. The van der Waals surface area contributed by atoms with Gasteiger partial charge >= 0.3 is 0 Å². The maximum atomic E-state index is 5.32. The van der Waals surface area contributed by atoms with Crippen molar-refractivity contribution in [3.63, 3.8) is 0 Å². The standard InChI is InChI=1S/C7H12O/c1-2-4-7-5-3-6-8-7/h2,7H,1,3-6H2.